The number of nitrogens with zero attached hydrogens (tertiary/aromatic N) is 6. The lowest BCUT2D eigenvalue weighted by atomic mass is 9.83. The fourth-order valence-electron chi connectivity index (χ4n) is 8.87. The highest BCUT2D eigenvalue weighted by atomic mass is 35.5. The van der Waals surface area contributed by atoms with Gasteiger partial charge in [0.05, 0.1) is 33.5 Å². The number of piperazine rings is 1. The van der Waals surface area contributed by atoms with Crippen molar-refractivity contribution in [1.29, 1.82) is 0 Å². The van der Waals surface area contributed by atoms with Gasteiger partial charge in [-0.2, -0.15) is 0 Å². The van der Waals surface area contributed by atoms with Crippen molar-refractivity contribution >= 4 is 51.2 Å². The number of benzene rings is 2. The van der Waals surface area contributed by atoms with Gasteiger partial charge in [-0.3, -0.25) is 19.2 Å². The maximum atomic E-state index is 14.2. The molecule has 13 heteroatoms. The number of urea groups is 1. The number of carbonyl (C=O) groups excluding carboxylic acids is 2. The number of nitrogen functional groups attached to an aromatic ring is 1. The van der Waals surface area contributed by atoms with Gasteiger partial charge in [-0.15, -0.1) is 0 Å². The number of nitrogens with two attached hydrogens (primary N) is 1. The Morgan fingerprint density at radius 1 is 1.00 bits per heavy atom. The van der Waals surface area contributed by atoms with E-state index < -0.39 is 6.04 Å². The number of halogens is 1. The number of H-pyrrole nitrogens is 1. The molecular formula is C37H46ClN9O3. The molecule has 5 fully saturated rings. The molecule has 5 aliphatic heterocycles. The van der Waals surface area contributed by atoms with E-state index in [1.165, 1.54) is 25.9 Å². The van der Waals surface area contributed by atoms with E-state index in [4.69, 9.17) is 17.3 Å². The molecule has 5 saturated heterocycles. The Bertz CT molecular complexity index is 1950. The average Bonchev–Trinajstić information content (AvgIpc) is 3.50. The second-order valence-electron chi connectivity index (χ2n) is 14.6. The van der Waals surface area contributed by atoms with Crippen LogP contribution < -0.4 is 16.7 Å². The molecule has 2 bridgehead atoms. The number of hydrogen-bond acceptors (Lipinski definition) is 7. The summed E-state index contributed by atoms with van der Waals surface area (Å²) >= 11 is 6.45. The summed E-state index contributed by atoms with van der Waals surface area (Å²) in [7, 11) is 0. The van der Waals surface area contributed by atoms with Crippen molar-refractivity contribution in [2.24, 2.45) is 5.92 Å². The van der Waals surface area contributed by atoms with Crippen molar-refractivity contribution in [3.05, 3.63) is 69.2 Å². The molecule has 4 aromatic rings. The van der Waals surface area contributed by atoms with Crippen molar-refractivity contribution in [2.45, 2.75) is 57.2 Å². The smallest absolute Gasteiger partial charge is 0.326 e. The molecule has 9 rings (SSSR count). The number of para-hydroxylation sites is 1. The maximum absolute atomic E-state index is 14.2. The first-order chi connectivity index (χ1) is 24.2. The van der Waals surface area contributed by atoms with Crippen LogP contribution in [0.15, 0.2) is 47.4 Å². The van der Waals surface area contributed by atoms with Crippen LogP contribution in [0.5, 0.6) is 0 Å². The zero-order valence-electron chi connectivity index (χ0n) is 28.6. The van der Waals surface area contributed by atoms with Gasteiger partial charge in [0.25, 0.3) is 0 Å². The summed E-state index contributed by atoms with van der Waals surface area (Å²) in [6, 6.07) is 11.0. The van der Waals surface area contributed by atoms with Crippen LogP contribution in [0.25, 0.3) is 21.9 Å². The van der Waals surface area contributed by atoms with Gasteiger partial charge in [-0.05, 0) is 74.9 Å². The fraction of sp³-hybridized carbons (Fsp3) is 0.514. The normalized spacial score (nSPS) is 23.8. The minimum Gasteiger partial charge on any atom is -0.397 e. The standard InChI is InChI=1S/C37H46ClN9O3/c1-23-18-24(19-28(38)33(23)39)20-30(35(48)45-16-14-44(15-17-45)32-22-43-10-6-25(32)7-11-43)41-36(49)46-12-8-26(9-13-46)47-31-21-40-29-5-3-2-4-27(29)34(31)42-37(47)50/h2-5,18-19,21,25-26,30,32H,6-17,20,22,39H2,1H3,(H,41,49)(H,42,50)/t30-,32?/m1/s1. The molecule has 5 aliphatic rings. The molecule has 2 aromatic carbocycles. The van der Waals surface area contributed by atoms with Crippen LogP contribution in [0.4, 0.5) is 10.5 Å². The van der Waals surface area contributed by atoms with Gasteiger partial charge in [0.15, 0.2) is 0 Å². The van der Waals surface area contributed by atoms with Crippen LogP contribution in [0.2, 0.25) is 5.02 Å². The van der Waals surface area contributed by atoms with Gasteiger partial charge in [0.1, 0.15) is 6.04 Å². The molecule has 3 amide bonds. The van der Waals surface area contributed by atoms with Crippen molar-refractivity contribution in [3.63, 3.8) is 0 Å². The van der Waals surface area contributed by atoms with E-state index >= 15 is 0 Å². The lowest BCUT2D eigenvalue weighted by Crippen LogP contribution is -2.63. The van der Waals surface area contributed by atoms with E-state index in [0.717, 1.165) is 58.6 Å². The average molecular weight is 700 g/mol. The third-order valence-electron chi connectivity index (χ3n) is 11.7. The number of pyridine rings is 1. The van der Waals surface area contributed by atoms with Crippen molar-refractivity contribution in [1.82, 2.24) is 39.5 Å². The maximum Gasteiger partial charge on any atom is 0.326 e. The molecule has 0 saturated carbocycles. The molecule has 0 spiro atoms. The topological polar surface area (TPSA) is 136 Å². The summed E-state index contributed by atoms with van der Waals surface area (Å²) in [4.78, 5) is 57.7. The summed E-state index contributed by atoms with van der Waals surface area (Å²) in [6.45, 7) is 9.36. The Hall–Kier alpha value is -4.13. The number of likely N-dealkylation sites (tertiary alicyclic amines) is 1. The number of imidazole rings is 1. The minimum absolute atomic E-state index is 0.0718. The lowest BCUT2D eigenvalue weighted by molar-refractivity contribution is -0.136. The Kier molecular flexibility index (Phi) is 8.94. The number of aryl methyl sites for hydroxylation is 1. The van der Waals surface area contributed by atoms with E-state index in [0.29, 0.717) is 62.2 Å². The molecule has 1 unspecified atom stereocenters. The van der Waals surface area contributed by atoms with Crippen LogP contribution >= 0.6 is 11.6 Å². The minimum atomic E-state index is -0.752. The molecule has 0 aliphatic carbocycles. The van der Waals surface area contributed by atoms with Crippen molar-refractivity contribution in [3.8, 4) is 0 Å². The Morgan fingerprint density at radius 3 is 2.44 bits per heavy atom. The Labute approximate surface area is 296 Å². The number of amides is 3. The zero-order chi connectivity index (χ0) is 34.5. The van der Waals surface area contributed by atoms with Crippen LogP contribution in [0.1, 0.15) is 42.9 Å². The first-order valence-electron chi connectivity index (χ1n) is 18.1. The highest BCUT2D eigenvalue weighted by Gasteiger charge is 2.39. The van der Waals surface area contributed by atoms with Crippen molar-refractivity contribution in [2.75, 3.05) is 64.6 Å². The first kappa shape index (κ1) is 33.0. The molecule has 2 atom stereocenters. The molecule has 264 valence electrons. The number of piperidine rings is 4. The number of nitrogens with one attached hydrogen (secondary N) is 2. The monoisotopic (exact) mass is 699 g/mol. The summed E-state index contributed by atoms with van der Waals surface area (Å²) in [5, 5.41) is 4.46. The van der Waals surface area contributed by atoms with Crippen LogP contribution in [-0.2, 0) is 11.2 Å². The van der Waals surface area contributed by atoms with Gasteiger partial charge in [-0.1, -0.05) is 35.9 Å². The first-order valence-corrected chi connectivity index (χ1v) is 18.4. The van der Waals surface area contributed by atoms with Gasteiger partial charge in [0, 0.05) is 69.7 Å². The number of aromatic amines is 1. The molecular weight excluding hydrogens is 654 g/mol. The number of anilines is 1. The third kappa shape index (κ3) is 6.22. The molecule has 12 nitrogen and oxygen atoms in total. The van der Waals surface area contributed by atoms with Crippen LogP contribution in [0.3, 0.4) is 0 Å². The zero-order valence-corrected chi connectivity index (χ0v) is 29.4. The van der Waals surface area contributed by atoms with E-state index in [1.807, 2.05) is 42.2 Å². The van der Waals surface area contributed by atoms with Crippen molar-refractivity contribution < 1.29 is 9.59 Å². The molecule has 0 radical (unpaired) electrons. The number of carbonyl (C=O) groups is 2. The van der Waals surface area contributed by atoms with E-state index in [9.17, 15) is 14.4 Å². The summed E-state index contributed by atoms with van der Waals surface area (Å²) in [5.74, 6) is 0.681. The quantitative estimate of drug-likeness (QED) is 0.262. The number of aromatic nitrogens is 3. The van der Waals surface area contributed by atoms with Gasteiger partial charge in [-0.25, -0.2) is 9.59 Å². The predicted octanol–water partition coefficient (Wildman–Crippen LogP) is 3.62. The molecule has 4 N–H and O–H groups in total. The number of fused-ring (bicyclic) bond motifs is 6. The van der Waals surface area contributed by atoms with Crippen LogP contribution in [-0.4, -0.2) is 117 Å². The number of rotatable bonds is 6. The second-order valence-corrected chi connectivity index (χ2v) is 15.0. The number of hydrogen-bond donors (Lipinski definition) is 3. The van der Waals surface area contributed by atoms with E-state index in [-0.39, 0.29) is 23.7 Å². The van der Waals surface area contributed by atoms with Gasteiger partial charge >= 0.3 is 11.7 Å². The van der Waals surface area contributed by atoms with Gasteiger partial charge in [0.2, 0.25) is 5.91 Å². The Balaban J connectivity index is 0.951. The highest BCUT2D eigenvalue weighted by Crippen LogP contribution is 2.32. The predicted molar refractivity (Wildman–Crippen MR) is 195 cm³/mol. The molecule has 2 aromatic heterocycles. The summed E-state index contributed by atoms with van der Waals surface area (Å²) in [5.41, 5.74) is 10.6. The van der Waals surface area contributed by atoms with E-state index in [2.05, 4.69) is 25.1 Å². The summed E-state index contributed by atoms with van der Waals surface area (Å²) < 4.78 is 1.79. The molecule has 7 heterocycles. The van der Waals surface area contributed by atoms with Gasteiger partial charge < -0.3 is 30.7 Å². The van der Waals surface area contributed by atoms with E-state index in [1.54, 1.807) is 21.7 Å². The SMILES string of the molecule is Cc1cc(C[C@@H](NC(=O)N2CCC(n3c(=O)[nH]c4c5ccccc5ncc43)CC2)C(=O)N2CCN(C3CN4CCC3CC4)CC2)cc(Cl)c1N. The summed E-state index contributed by atoms with van der Waals surface area (Å²) in [6.07, 6.45) is 5.83. The Morgan fingerprint density at radius 2 is 1.74 bits per heavy atom. The fourth-order valence-corrected chi connectivity index (χ4v) is 9.16. The largest absolute Gasteiger partial charge is 0.397 e. The third-order valence-corrected chi connectivity index (χ3v) is 12.0. The molecule has 50 heavy (non-hydrogen) atoms. The lowest BCUT2D eigenvalue weighted by Gasteiger charge is -2.51. The highest BCUT2D eigenvalue weighted by molar-refractivity contribution is 6.33. The van der Waals surface area contributed by atoms with Crippen LogP contribution in [0, 0.1) is 12.8 Å². The second kappa shape index (κ2) is 13.5.